The van der Waals surface area contributed by atoms with Crippen molar-refractivity contribution in [2.45, 2.75) is 12.8 Å². The van der Waals surface area contributed by atoms with Gasteiger partial charge in [0.2, 0.25) is 0 Å². The van der Waals surface area contributed by atoms with Crippen LogP contribution in [0.15, 0.2) is 48.0 Å². The van der Waals surface area contributed by atoms with Crippen LogP contribution in [0.3, 0.4) is 0 Å². The molecule has 154 valence electrons. The first-order valence-electron chi connectivity index (χ1n) is 10.5. The molecule has 2 aromatic carbocycles. The molecule has 1 saturated carbocycles. The van der Waals surface area contributed by atoms with Crippen molar-refractivity contribution in [3.63, 3.8) is 0 Å². The molecule has 31 heavy (non-hydrogen) atoms. The molecule has 1 heterocycles. The highest BCUT2D eigenvalue weighted by molar-refractivity contribution is 6.02. The van der Waals surface area contributed by atoms with Gasteiger partial charge in [-0.05, 0) is 35.4 Å². The molecule has 0 aromatic heterocycles. The zero-order valence-electron chi connectivity index (χ0n) is 17.6. The second-order valence-corrected chi connectivity index (χ2v) is 8.21. The summed E-state index contributed by atoms with van der Waals surface area (Å²) in [6.45, 7) is 4.49. The van der Waals surface area contributed by atoms with Crippen molar-refractivity contribution in [2.24, 2.45) is 17.3 Å². The van der Waals surface area contributed by atoms with Gasteiger partial charge in [0.25, 0.3) is 0 Å². The summed E-state index contributed by atoms with van der Waals surface area (Å²) >= 11 is 0. The van der Waals surface area contributed by atoms with Crippen molar-refractivity contribution in [2.75, 3.05) is 26.7 Å². The number of fused-ring (bicyclic) bond motifs is 2. The monoisotopic (exact) mass is 410 g/mol. The van der Waals surface area contributed by atoms with Gasteiger partial charge in [-0.15, -0.1) is 0 Å². The van der Waals surface area contributed by atoms with Crippen molar-refractivity contribution >= 4 is 16.5 Å². The van der Waals surface area contributed by atoms with E-state index < -0.39 is 17.3 Å². The first-order valence-corrected chi connectivity index (χ1v) is 10.5. The first-order chi connectivity index (χ1) is 15.1. The maximum atomic E-state index is 10.3. The lowest BCUT2D eigenvalue weighted by molar-refractivity contribution is -0.897. The molecule has 0 saturated heterocycles. The lowest BCUT2D eigenvalue weighted by Gasteiger charge is -2.46. The Morgan fingerprint density at radius 2 is 1.90 bits per heavy atom. The molecule has 1 aliphatic carbocycles. The number of likely N-dealkylation sites (N-methyl/N-ethyl adjacent to an activating group) is 1. The third-order valence-corrected chi connectivity index (χ3v) is 6.92. The molecular formula is C25H24N5O+. The summed E-state index contributed by atoms with van der Waals surface area (Å²) in [5.74, 6) is -1.06. The van der Waals surface area contributed by atoms with E-state index >= 15 is 0 Å². The molecule has 6 nitrogen and oxygen atoms in total. The van der Waals surface area contributed by atoms with E-state index in [-0.39, 0.29) is 11.6 Å². The summed E-state index contributed by atoms with van der Waals surface area (Å²) in [5, 5.41) is 41.2. The smallest absolute Gasteiger partial charge is 0.190 e. The van der Waals surface area contributed by atoms with E-state index in [9.17, 15) is 15.8 Å². The van der Waals surface area contributed by atoms with Gasteiger partial charge in [0.15, 0.2) is 5.41 Å². The molecule has 0 amide bonds. The molecule has 4 rings (SSSR count). The first kappa shape index (κ1) is 20.6. The highest BCUT2D eigenvalue weighted by Crippen LogP contribution is 2.55. The average molecular weight is 411 g/mol. The quantitative estimate of drug-likeness (QED) is 0.758. The summed E-state index contributed by atoms with van der Waals surface area (Å²) in [6, 6.07) is 18.3. The van der Waals surface area contributed by atoms with Crippen LogP contribution in [0.1, 0.15) is 18.4 Å². The minimum Gasteiger partial charge on any atom is -0.496 e. The Bertz CT molecular complexity index is 1200. The Balaban J connectivity index is 2.09. The molecule has 4 atom stereocenters. The van der Waals surface area contributed by atoms with E-state index in [0.717, 1.165) is 35.0 Å². The molecule has 2 aliphatic rings. The molecule has 2 unspecified atom stereocenters. The summed E-state index contributed by atoms with van der Waals surface area (Å²) < 4.78 is 5.73. The number of ether oxygens (including phenoxy) is 1. The number of hydrogen-bond donors (Lipinski definition) is 2. The van der Waals surface area contributed by atoms with Gasteiger partial charge >= 0.3 is 0 Å². The lowest BCUT2D eigenvalue weighted by Crippen LogP contribution is -3.13. The summed E-state index contributed by atoms with van der Waals surface area (Å²) in [7, 11) is 1.58. The Labute approximate surface area is 182 Å². The van der Waals surface area contributed by atoms with Crippen LogP contribution in [-0.2, 0) is 0 Å². The highest BCUT2D eigenvalue weighted by atomic mass is 16.5. The highest BCUT2D eigenvalue weighted by Gasteiger charge is 2.59. The van der Waals surface area contributed by atoms with Crippen LogP contribution >= 0.6 is 0 Å². The van der Waals surface area contributed by atoms with E-state index in [4.69, 9.17) is 10.1 Å². The van der Waals surface area contributed by atoms with E-state index in [1.54, 1.807) is 7.11 Å². The van der Waals surface area contributed by atoms with Crippen LogP contribution in [0.25, 0.3) is 10.8 Å². The van der Waals surface area contributed by atoms with Crippen LogP contribution in [0.4, 0.5) is 0 Å². The lowest BCUT2D eigenvalue weighted by atomic mass is 9.54. The number of nitrogens with one attached hydrogen (secondary N) is 2. The number of methoxy groups -OCH3 is 1. The maximum Gasteiger partial charge on any atom is 0.190 e. The summed E-state index contributed by atoms with van der Waals surface area (Å²) in [6.07, 6.45) is 2.05. The molecule has 6 heteroatoms. The zero-order valence-corrected chi connectivity index (χ0v) is 17.6. The van der Waals surface area contributed by atoms with Crippen molar-refractivity contribution in [1.82, 2.24) is 0 Å². The fourth-order valence-electron chi connectivity index (χ4n) is 5.34. The van der Waals surface area contributed by atoms with E-state index in [1.165, 1.54) is 4.90 Å². The number of hydrogen-bond acceptors (Lipinski definition) is 5. The fourth-order valence-corrected chi connectivity index (χ4v) is 5.34. The Kier molecular flexibility index (Phi) is 5.24. The normalized spacial score (nSPS) is 26.7. The van der Waals surface area contributed by atoms with Gasteiger partial charge in [-0.2, -0.15) is 15.8 Å². The van der Waals surface area contributed by atoms with Gasteiger partial charge < -0.3 is 15.0 Å². The van der Waals surface area contributed by atoms with Crippen LogP contribution in [-0.4, -0.2) is 32.5 Å². The van der Waals surface area contributed by atoms with Crippen molar-refractivity contribution in [3.05, 3.63) is 53.6 Å². The van der Waals surface area contributed by atoms with Gasteiger partial charge in [-0.3, -0.25) is 0 Å². The molecule has 0 bridgehead atoms. The molecule has 2 N–H and O–H groups in total. The summed E-state index contributed by atoms with van der Waals surface area (Å²) in [5.41, 5.74) is -0.220. The van der Waals surface area contributed by atoms with Crippen LogP contribution in [0.2, 0.25) is 0 Å². The Hall–Kier alpha value is -3.66. The van der Waals surface area contributed by atoms with Crippen molar-refractivity contribution in [3.8, 4) is 24.0 Å². The number of nitrogens with zero attached hydrogens (tertiary/aromatic N) is 3. The maximum absolute atomic E-state index is 10.3. The fraction of sp³-hybridized carbons (Fsp3) is 0.360. The van der Waals surface area contributed by atoms with Gasteiger partial charge in [-0.25, -0.2) is 0 Å². The average Bonchev–Trinajstić information content (AvgIpc) is 2.82. The Morgan fingerprint density at radius 1 is 1.16 bits per heavy atom. The Morgan fingerprint density at radius 3 is 2.55 bits per heavy atom. The molecular weight excluding hydrogens is 386 g/mol. The SMILES string of the molecule is CC[NH+]1CC=C2C(C#N)C(=N)C(C#N)(C#N)[C@@H](c3c(OC)ccc4ccccc34)[C@H]2C1. The molecule has 1 fully saturated rings. The number of nitriles is 3. The van der Waals surface area contributed by atoms with Crippen molar-refractivity contribution < 1.29 is 9.64 Å². The number of benzene rings is 2. The van der Waals surface area contributed by atoms with E-state index in [2.05, 4.69) is 31.2 Å². The second-order valence-electron chi connectivity index (χ2n) is 8.21. The predicted octanol–water partition coefficient (Wildman–Crippen LogP) is 2.60. The van der Waals surface area contributed by atoms with Gasteiger partial charge in [0.05, 0.1) is 50.7 Å². The predicted molar refractivity (Wildman–Crippen MR) is 117 cm³/mol. The standard InChI is InChI=1S/C25H23N5O/c1-3-30-11-10-18-19(12-26)24(29)25(14-27,15-28)23(20(18)13-30)22-17-7-5-4-6-16(17)8-9-21(22)31-2/h4-10,19-20,23,29H,3,11,13H2,1-2H3/p+1/t19?,20-,23+/m0/s1. The van der Waals surface area contributed by atoms with E-state index in [0.29, 0.717) is 12.3 Å². The zero-order chi connectivity index (χ0) is 22.2. The largest absolute Gasteiger partial charge is 0.496 e. The topological polar surface area (TPSA) is 109 Å². The van der Waals surface area contributed by atoms with Crippen LogP contribution in [0.5, 0.6) is 5.75 Å². The van der Waals surface area contributed by atoms with Gasteiger partial charge in [0.1, 0.15) is 11.7 Å². The van der Waals surface area contributed by atoms with Crippen molar-refractivity contribution in [1.29, 1.82) is 21.2 Å². The summed E-state index contributed by atoms with van der Waals surface area (Å²) in [4.78, 5) is 1.33. The van der Waals surface area contributed by atoms with Crippen LogP contribution in [0, 0.1) is 56.7 Å². The van der Waals surface area contributed by atoms with Crippen LogP contribution < -0.4 is 9.64 Å². The third kappa shape index (κ3) is 2.90. The number of quaternary nitrogens is 1. The molecule has 0 spiro atoms. The van der Waals surface area contributed by atoms with Gasteiger partial charge in [0, 0.05) is 17.4 Å². The molecule has 2 aromatic rings. The molecule has 1 aliphatic heterocycles. The minimum atomic E-state index is -1.74. The van der Waals surface area contributed by atoms with E-state index in [1.807, 2.05) is 36.4 Å². The number of rotatable bonds is 3. The third-order valence-electron chi connectivity index (χ3n) is 6.92. The minimum absolute atomic E-state index is 0.123. The molecule has 0 radical (unpaired) electrons. The second kappa shape index (κ2) is 7.88. The van der Waals surface area contributed by atoms with Gasteiger partial charge in [-0.1, -0.05) is 30.3 Å².